The number of nitrogens with zero attached hydrogens (tertiary/aromatic N) is 1. The molecule has 12 nitrogen and oxygen atoms in total. The number of aliphatic carboxylic acids is 2. The molecule has 0 bridgehead atoms. The van der Waals surface area contributed by atoms with Crippen LogP contribution in [0.15, 0.2) is 54.6 Å². The molecule has 39 heavy (non-hydrogen) atoms. The van der Waals surface area contributed by atoms with Crippen LogP contribution in [-0.4, -0.2) is 80.6 Å². The molecule has 12 heteroatoms. The van der Waals surface area contributed by atoms with Gasteiger partial charge >= 0.3 is 11.9 Å². The number of benzene rings is 2. The number of nitrogens with one attached hydrogen (secondary N) is 2. The van der Waals surface area contributed by atoms with Crippen LogP contribution >= 0.6 is 0 Å². The fourth-order valence-corrected chi connectivity index (χ4v) is 4.45. The number of hydrogen-bond donors (Lipinski definition) is 6. The van der Waals surface area contributed by atoms with E-state index in [2.05, 4.69) is 10.6 Å². The van der Waals surface area contributed by atoms with Crippen LogP contribution in [-0.2, 0) is 36.8 Å². The van der Waals surface area contributed by atoms with Gasteiger partial charge in [-0.1, -0.05) is 42.5 Å². The number of rotatable bonds is 12. The van der Waals surface area contributed by atoms with Gasteiger partial charge in [-0.3, -0.25) is 19.2 Å². The van der Waals surface area contributed by atoms with E-state index < -0.39 is 60.2 Å². The van der Waals surface area contributed by atoms with Crippen LogP contribution in [0.2, 0.25) is 0 Å². The van der Waals surface area contributed by atoms with Crippen LogP contribution in [0.25, 0.3) is 0 Å². The minimum atomic E-state index is -1.54. The lowest BCUT2D eigenvalue weighted by Crippen LogP contribution is -2.58. The fraction of sp³-hybridized carbons (Fsp3) is 0.370. The summed E-state index contributed by atoms with van der Waals surface area (Å²) in [5, 5.41) is 33.4. The Morgan fingerprint density at radius 3 is 2.10 bits per heavy atom. The van der Waals surface area contributed by atoms with Gasteiger partial charge in [-0.25, -0.2) is 4.79 Å². The number of likely N-dealkylation sites (tertiary alicyclic amines) is 1. The molecule has 3 amide bonds. The lowest BCUT2D eigenvalue weighted by Gasteiger charge is -2.29. The largest absolute Gasteiger partial charge is 0.508 e. The van der Waals surface area contributed by atoms with Gasteiger partial charge in [0, 0.05) is 13.0 Å². The zero-order valence-electron chi connectivity index (χ0n) is 21.2. The molecule has 2 aromatic rings. The normalized spacial score (nSPS) is 17.1. The monoisotopic (exact) mass is 540 g/mol. The number of carboxylic acid groups (broad SMARTS) is 2. The van der Waals surface area contributed by atoms with E-state index in [0.29, 0.717) is 12.0 Å². The van der Waals surface area contributed by atoms with E-state index in [1.165, 1.54) is 17.0 Å². The summed E-state index contributed by atoms with van der Waals surface area (Å²) in [5.74, 6) is -4.86. The maximum Gasteiger partial charge on any atom is 0.326 e. The van der Waals surface area contributed by atoms with Crippen molar-refractivity contribution in [3.63, 3.8) is 0 Å². The van der Waals surface area contributed by atoms with Gasteiger partial charge in [0.2, 0.25) is 17.7 Å². The second kappa shape index (κ2) is 13.4. The second-order valence-corrected chi connectivity index (χ2v) is 9.41. The Hall–Kier alpha value is -4.45. The van der Waals surface area contributed by atoms with E-state index in [-0.39, 0.29) is 31.6 Å². The molecule has 1 aliphatic rings. The molecule has 0 spiro atoms. The number of aromatic hydroxyl groups is 1. The molecular formula is C27H32N4O8. The average molecular weight is 541 g/mol. The topological polar surface area (TPSA) is 199 Å². The summed E-state index contributed by atoms with van der Waals surface area (Å²) < 4.78 is 0. The summed E-state index contributed by atoms with van der Waals surface area (Å²) in [6.45, 7) is 0.182. The summed E-state index contributed by atoms with van der Waals surface area (Å²) in [5.41, 5.74) is 7.32. The first-order valence-electron chi connectivity index (χ1n) is 12.5. The zero-order valence-corrected chi connectivity index (χ0v) is 21.2. The van der Waals surface area contributed by atoms with Crippen molar-refractivity contribution in [1.82, 2.24) is 15.5 Å². The van der Waals surface area contributed by atoms with Gasteiger partial charge in [-0.05, 0) is 42.5 Å². The lowest BCUT2D eigenvalue weighted by molar-refractivity contribution is -0.149. The molecule has 2 aromatic carbocycles. The Morgan fingerprint density at radius 2 is 1.49 bits per heavy atom. The third kappa shape index (κ3) is 8.27. The highest BCUT2D eigenvalue weighted by atomic mass is 16.4. The van der Waals surface area contributed by atoms with Crippen molar-refractivity contribution >= 4 is 29.7 Å². The molecule has 3 rings (SSSR count). The quantitative estimate of drug-likeness (QED) is 0.215. The van der Waals surface area contributed by atoms with Crippen molar-refractivity contribution in [2.75, 3.05) is 6.54 Å². The van der Waals surface area contributed by atoms with Crippen molar-refractivity contribution in [1.29, 1.82) is 0 Å². The van der Waals surface area contributed by atoms with Crippen LogP contribution in [0.4, 0.5) is 0 Å². The first-order chi connectivity index (χ1) is 18.5. The van der Waals surface area contributed by atoms with Crippen molar-refractivity contribution in [2.24, 2.45) is 5.73 Å². The maximum absolute atomic E-state index is 13.4. The molecule has 208 valence electrons. The molecule has 0 aliphatic carbocycles. The minimum Gasteiger partial charge on any atom is -0.508 e. The second-order valence-electron chi connectivity index (χ2n) is 9.41. The van der Waals surface area contributed by atoms with Gasteiger partial charge < -0.3 is 36.6 Å². The summed E-state index contributed by atoms with van der Waals surface area (Å²) in [6.07, 6.45) is 0.0608. The maximum atomic E-state index is 13.4. The first kappa shape index (κ1) is 29.1. The Kier molecular flexibility index (Phi) is 9.98. The Morgan fingerprint density at radius 1 is 0.872 bits per heavy atom. The highest BCUT2D eigenvalue weighted by Gasteiger charge is 2.38. The standard InChI is InChI=1S/C27H32N4O8/c28-19(13-16-5-2-1-3-6-16)24(35)29-20(15-23(33)34)25(36)30-21(14-17-8-10-18(32)11-9-17)26(37)31-12-4-7-22(31)27(38)39/h1-3,5-6,8-11,19-22,32H,4,7,12-15,28H2,(H,29,35)(H,30,36)(H,33,34)(H,38,39). The highest BCUT2D eigenvalue weighted by molar-refractivity contribution is 5.96. The Labute approximate surface area is 224 Å². The molecule has 0 saturated carbocycles. The van der Waals surface area contributed by atoms with Crippen molar-refractivity contribution < 1.29 is 39.3 Å². The number of nitrogens with two attached hydrogens (primary N) is 1. The fourth-order valence-electron chi connectivity index (χ4n) is 4.45. The number of phenols is 1. The molecule has 1 saturated heterocycles. The van der Waals surface area contributed by atoms with Gasteiger partial charge in [0.05, 0.1) is 12.5 Å². The van der Waals surface area contributed by atoms with E-state index in [1.54, 1.807) is 42.5 Å². The number of phenolic OH excluding ortho intramolecular Hbond substituents is 1. The van der Waals surface area contributed by atoms with Gasteiger partial charge in [0.1, 0.15) is 23.9 Å². The van der Waals surface area contributed by atoms with Crippen LogP contribution in [0.1, 0.15) is 30.4 Å². The lowest BCUT2D eigenvalue weighted by atomic mass is 10.0. The number of hydrogen-bond acceptors (Lipinski definition) is 7. The van der Waals surface area contributed by atoms with E-state index in [9.17, 15) is 39.3 Å². The average Bonchev–Trinajstić information content (AvgIpc) is 3.39. The molecule has 1 fully saturated rings. The predicted molar refractivity (Wildman–Crippen MR) is 138 cm³/mol. The number of carbonyl (C=O) groups is 5. The van der Waals surface area contributed by atoms with Crippen LogP contribution < -0.4 is 16.4 Å². The SMILES string of the molecule is NC(Cc1ccccc1)C(=O)NC(CC(=O)O)C(=O)NC(Cc1ccc(O)cc1)C(=O)N1CCCC1C(=O)O. The third-order valence-electron chi connectivity index (χ3n) is 6.46. The smallest absolute Gasteiger partial charge is 0.326 e. The molecule has 1 aliphatic heterocycles. The summed E-state index contributed by atoms with van der Waals surface area (Å²) in [7, 11) is 0. The Balaban J connectivity index is 1.78. The minimum absolute atomic E-state index is 0.00720. The molecule has 1 heterocycles. The number of amides is 3. The van der Waals surface area contributed by atoms with Crippen molar-refractivity contribution in [3.8, 4) is 5.75 Å². The number of carbonyl (C=O) groups excluding carboxylic acids is 3. The molecule has 0 aromatic heterocycles. The van der Waals surface area contributed by atoms with E-state index in [1.807, 2.05) is 0 Å². The molecule has 0 radical (unpaired) electrons. The van der Waals surface area contributed by atoms with Crippen LogP contribution in [0, 0.1) is 0 Å². The predicted octanol–water partition coefficient (Wildman–Crippen LogP) is 0.0246. The van der Waals surface area contributed by atoms with Gasteiger partial charge in [0.15, 0.2) is 0 Å². The summed E-state index contributed by atoms with van der Waals surface area (Å²) in [4.78, 5) is 63.7. The third-order valence-corrected chi connectivity index (χ3v) is 6.46. The Bertz CT molecular complexity index is 1190. The first-order valence-corrected chi connectivity index (χ1v) is 12.5. The van der Waals surface area contributed by atoms with Crippen LogP contribution in [0.5, 0.6) is 5.75 Å². The van der Waals surface area contributed by atoms with Crippen molar-refractivity contribution in [3.05, 3.63) is 65.7 Å². The molecule has 4 unspecified atom stereocenters. The molecular weight excluding hydrogens is 508 g/mol. The van der Waals surface area contributed by atoms with Crippen molar-refractivity contribution in [2.45, 2.75) is 56.3 Å². The summed E-state index contributed by atoms with van der Waals surface area (Å²) >= 11 is 0. The summed E-state index contributed by atoms with van der Waals surface area (Å²) in [6, 6.07) is 9.88. The van der Waals surface area contributed by atoms with Gasteiger partial charge in [-0.15, -0.1) is 0 Å². The van der Waals surface area contributed by atoms with E-state index in [0.717, 1.165) is 5.56 Å². The van der Waals surface area contributed by atoms with Crippen LogP contribution in [0.3, 0.4) is 0 Å². The van der Waals surface area contributed by atoms with Gasteiger partial charge in [0.25, 0.3) is 0 Å². The number of carboxylic acids is 2. The zero-order chi connectivity index (χ0) is 28.5. The van der Waals surface area contributed by atoms with E-state index in [4.69, 9.17) is 5.73 Å². The van der Waals surface area contributed by atoms with E-state index >= 15 is 0 Å². The molecule has 4 atom stereocenters. The highest BCUT2D eigenvalue weighted by Crippen LogP contribution is 2.20. The van der Waals surface area contributed by atoms with Gasteiger partial charge in [-0.2, -0.15) is 0 Å². The molecule has 7 N–H and O–H groups in total.